The highest BCUT2D eigenvalue weighted by atomic mass is 16.6. The van der Waals surface area contributed by atoms with Crippen molar-refractivity contribution in [2.45, 2.75) is 21.3 Å². The number of carbonyl (C=O) groups is 1. The van der Waals surface area contributed by atoms with E-state index >= 15 is 0 Å². The van der Waals surface area contributed by atoms with Gasteiger partial charge in [0, 0.05) is 12.1 Å². The van der Waals surface area contributed by atoms with E-state index in [9.17, 15) is 4.79 Å². The normalized spacial score (nSPS) is 9.06. The van der Waals surface area contributed by atoms with Crippen LogP contribution in [0.3, 0.4) is 0 Å². The Morgan fingerprint density at radius 3 is 2.24 bits per heavy atom. The molecule has 5 heteroatoms. The van der Waals surface area contributed by atoms with E-state index in [1.54, 1.807) is 13.0 Å². The van der Waals surface area contributed by atoms with E-state index in [0.717, 1.165) is 6.54 Å². The maximum absolute atomic E-state index is 10.8. The first-order chi connectivity index (χ1) is 7.45. The van der Waals surface area contributed by atoms with Gasteiger partial charge in [-0.25, -0.2) is 4.79 Å². The summed E-state index contributed by atoms with van der Waals surface area (Å²) in [6.45, 7) is 8.11. The summed E-state index contributed by atoms with van der Waals surface area (Å²) in [5.74, 6) is 4.24. The van der Waals surface area contributed by atoms with Crippen molar-refractivity contribution in [3.8, 4) is 0 Å². The summed E-state index contributed by atoms with van der Waals surface area (Å²) < 4.78 is 4.83. The lowest BCUT2D eigenvalue weighted by Crippen LogP contribution is -2.20. The zero-order valence-corrected chi connectivity index (χ0v) is 10.5. The Bertz CT molecular complexity index is 226. The van der Waals surface area contributed by atoms with Gasteiger partial charge >= 0.3 is 5.97 Å². The summed E-state index contributed by atoms with van der Waals surface area (Å²) in [5, 5.41) is 0. The number of carbonyl (C=O) groups excluding carboxylic acids is 1. The predicted molar refractivity (Wildman–Crippen MR) is 71.1 cm³/mol. The van der Waals surface area contributed by atoms with Gasteiger partial charge in [0.25, 0.3) is 0 Å². The van der Waals surface area contributed by atoms with Crippen molar-refractivity contribution < 1.29 is 14.4 Å². The third-order valence-electron chi connectivity index (χ3n) is 1.33. The van der Waals surface area contributed by atoms with Crippen LogP contribution in [-0.4, -0.2) is 38.1 Å². The molecule has 0 rings (SSSR count). The molecule has 0 heterocycles. The van der Waals surface area contributed by atoms with Gasteiger partial charge in [-0.05, 0) is 27.9 Å². The van der Waals surface area contributed by atoms with Gasteiger partial charge in [-0.2, -0.15) is 5.90 Å². The average Bonchev–Trinajstić information content (AvgIpc) is 2.19. The van der Waals surface area contributed by atoms with Crippen molar-refractivity contribution in [1.82, 2.24) is 4.90 Å². The van der Waals surface area contributed by atoms with Crippen LogP contribution in [0, 0.1) is 0 Å². The first-order valence-electron chi connectivity index (χ1n) is 4.89. The van der Waals surface area contributed by atoms with Crippen LogP contribution in [-0.2, 0) is 14.4 Å². The number of rotatable bonds is 5. The molecule has 0 radical (unpaired) electrons. The second-order valence-electron chi connectivity index (χ2n) is 3.33. The maximum Gasteiger partial charge on any atom is 0.333 e. The summed E-state index contributed by atoms with van der Waals surface area (Å²) in [5.41, 5.74) is 0.448. The highest BCUT2D eigenvalue weighted by Gasteiger charge is 2.01. The Labute approximate surface area is 105 Å². The van der Waals surface area contributed by atoms with Gasteiger partial charge in [0.2, 0.25) is 0 Å². The minimum Gasteiger partial charge on any atom is -0.461 e. The van der Waals surface area contributed by atoms with Gasteiger partial charge in [-0.1, -0.05) is 20.1 Å². The quantitative estimate of drug-likeness (QED) is 0.346. The molecule has 0 aliphatic carbocycles. The molecule has 0 aromatic carbocycles. The Kier molecular flexibility index (Phi) is 18.1. The summed E-state index contributed by atoms with van der Waals surface area (Å²) in [6, 6.07) is 0. The average molecular weight is 246 g/mol. The molecule has 0 bridgehead atoms. The number of esters is 1. The Morgan fingerprint density at radius 1 is 1.47 bits per heavy atom. The molecule has 2 N–H and O–H groups in total. The van der Waals surface area contributed by atoms with E-state index in [-0.39, 0.29) is 13.4 Å². The fraction of sp³-hybridized carbons (Fsp3) is 0.583. The number of hydrogen-bond acceptors (Lipinski definition) is 5. The minimum atomic E-state index is -0.313. The van der Waals surface area contributed by atoms with Gasteiger partial charge < -0.3 is 14.5 Å². The third-order valence-corrected chi connectivity index (χ3v) is 1.33. The molecule has 0 amide bonds. The smallest absolute Gasteiger partial charge is 0.333 e. The Hall–Kier alpha value is -1.33. The van der Waals surface area contributed by atoms with E-state index in [1.165, 1.54) is 6.26 Å². The zero-order chi connectivity index (χ0) is 13.0. The molecule has 0 aromatic heterocycles. The van der Waals surface area contributed by atoms with Gasteiger partial charge in [0.05, 0.1) is 0 Å². The van der Waals surface area contributed by atoms with E-state index in [0.29, 0.717) is 12.2 Å². The fourth-order valence-corrected chi connectivity index (χ4v) is 0.523. The van der Waals surface area contributed by atoms with Crippen LogP contribution in [0.25, 0.3) is 0 Å². The topological polar surface area (TPSA) is 64.8 Å². The number of hydrogen-bond donors (Lipinski definition) is 1. The molecule has 102 valence electrons. The first kappa shape index (κ1) is 21.0. The predicted octanol–water partition coefficient (Wildman–Crippen LogP) is 1.71. The SMILES string of the molecule is C.C=C(C)C(=O)OCCN(C)C.CC=CON. The minimum absolute atomic E-state index is 0. The third kappa shape index (κ3) is 20.7. The van der Waals surface area contributed by atoms with Crippen LogP contribution >= 0.6 is 0 Å². The molecular weight excluding hydrogens is 220 g/mol. The standard InChI is InChI=1S/C8H15NO2.C3H7NO.CH4/c1-7(2)8(10)11-6-5-9(3)4;1-2-3-5-4;/h1,5-6H2,2-4H3;2-3H,4H2,1H3;1H4. The summed E-state index contributed by atoms with van der Waals surface area (Å²) >= 11 is 0. The van der Waals surface area contributed by atoms with Crippen molar-refractivity contribution >= 4 is 5.97 Å². The Balaban J connectivity index is -0.000000280. The highest BCUT2D eigenvalue weighted by molar-refractivity contribution is 5.86. The monoisotopic (exact) mass is 246 g/mol. The van der Waals surface area contributed by atoms with Gasteiger partial charge in [-0.15, -0.1) is 0 Å². The molecule has 0 atom stereocenters. The summed E-state index contributed by atoms with van der Waals surface area (Å²) in [7, 11) is 3.85. The number of nitrogens with two attached hydrogens (primary N) is 1. The largest absolute Gasteiger partial charge is 0.461 e. The lowest BCUT2D eigenvalue weighted by molar-refractivity contribution is -0.139. The lowest BCUT2D eigenvalue weighted by atomic mass is 10.4. The highest BCUT2D eigenvalue weighted by Crippen LogP contribution is 1.91. The van der Waals surface area contributed by atoms with Crippen LogP contribution in [0.4, 0.5) is 0 Å². The van der Waals surface area contributed by atoms with Crippen molar-refractivity contribution in [1.29, 1.82) is 0 Å². The second kappa shape index (κ2) is 14.7. The molecule has 0 spiro atoms. The van der Waals surface area contributed by atoms with Gasteiger partial charge in [-0.3, -0.25) is 0 Å². The molecule has 5 nitrogen and oxygen atoms in total. The molecule has 0 aliphatic heterocycles. The molecule has 17 heavy (non-hydrogen) atoms. The number of ether oxygens (including phenoxy) is 1. The summed E-state index contributed by atoms with van der Waals surface area (Å²) in [4.78, 5) is 16.7. The van der Waals surface area contributed by atoms with Crippen molar-refractivity contribution in [2.75, 3.05) is 27.2 Å². The zero-order valence-electron chi connectivity index (χ0n) is 10.5. The van der Waals surface area contributed by atoms with Gasteiger partial charge in [0.1, 0.15) is 12.9 Å². The van der Waals surface area contributed by atoms with E-state index in [1.807, 2.05) is 25.9 Å². The number of nitrogens with zero attached hydrogens (tertiary/aromatic N) is 1. The van der Waals surface area contributed by atoms with E-state index in [2.05, 4.69) is 17.3 Å². The maximum atomic E-state index is 10.8. The van der Waals surface area contributed by atoms with Gasteiger partial charge in [0.15, 0.2) is 0 Å². The van der Waals surface area contributed by atoms with Crippen LogP contribution in [0.5, 0.6) is 0 Å². The fourth-order valence-electron chi connectivity index (χ4n) is 0.523. The molecule has 0 saturated carbocycles. The second-order valence-corrected chi connectivity index (χ2v) is 3.33. The summed E-state index contributed by atoms with van der Waals surface area (Å²) in [6.07, 6.45) is 3.11. The molecule has 0 fully saturated rings. The van der Waals surface area contributed by atoms with Crippen molar-refractivity contribution in [3.63, 3.8) is 0 Å². The lowest BCUT2D eigenvalue weighted by Gasteiger charge is -2.09. The Morgan fingerprint density at radius 2 is 2.00 bits per heavy atom. The first-order valence-corrected chi connectivity index (χ1v) is 4.89. The molecule has 0 aliphatic rings. The van der Waals surface area contributed by atoms with E-state index in [4.69, 9.17) is 4.74 Å². The number of allylic oxidation sites excluding steroid dienone is 1. The van der Waals surface area contributed by atoms with Crippen LogP contribution in [0.1, 0.15) is 21.3 Å². The molecule has 0 aromatic rings. The van der Waals surface area contributed by atoms with Crippen LogP contribution in [0.2, 0.25) is 0 Å². The molecule has 0 saturated heterocycles. The number of likely N-dealkylation sites (N-methyl/N-ethyl adjacent to an activating group) is 1. The molecule has 0 unspecified atom stereocenters. The van der Waals surface area contributed by atoms with Crippen molar-refractivity contribution in [3.05, 3.63) is 24.5 Å². The van der Waals surface area contributed by atoms with Crippen molar-refractivity contribution in [2.24, 2.45) is 5.90 Å². The van der Waals surface area contributed by atoms with E-state index < -0.39 is 0 Å². The van der Waals surface area contributed by atoms with Crippen LogP contribution < -0.4 is 5.90 Å². The molecular formula is C12H26N2O3. The van der Waals surface area contributed by atoms with Crippen LogP contribution in [0.15, 0.2) is 24.5 Å².